The summed E-state index contributed by atoms with van der Waals surface area (Å²) >= 11 is 0. The number of ether oxygens (including phenoxy) is 2. The first kappa shape index (κ1) is 27.8. The van der Waals surface area contributed by atoms with E-state index in [1.165, 1.54) is 75.8 Å². The number of furan rings is 1. The van der Waals surface area contributed by atoms with Crippen LogP contribution in [0.15, 0.2) is 40.8 Å². The first-order valence-electron chi connectivity index (χ1n) is 13.9. The molecule has 1 aliphatic heterocycles. The molecule has 2 heterocycles. The third-order valence-electron chi connectivity index (χ3n) is 6.83. The minimum absolute atomic E-state index is 0.0523. The standard InChI is InChI=1S/C30H43NO5/c1-2-3-4-5-6-7-8-9-10-11-12-15-22-34-29-19-18-27(36-29)30(33)35-24-28(32)31-21-20-25-16-13-14-17-26(25)23-31/h13-14,16-19H,2-12,15,20-24H2,1H3. The van der Waals surface area contributed by atoms with Gasteiger partial charge in [0.05, 0.1) is 6.61 Å². The molecular formula is C30H43NO5. The molecule has 0 unspecified atom stereocenters. The van der Waals surface area contributed by atoms with Gasteiger partial charge in [0.2, 0.25) is 5.76 Å². The van der Waals surface area contributed by atoms with Gasteiger partial charge in [0, 0.05) is 19.2 Å². The van der Waals surface area contributed by atoms with Crippen LogP contribution in [-0.2, 0) is 22.5 Å². The Morgan fingerprint density at radius 3 is 2.17 bits per heavy atom. The molecule has 3 rings (SSSR count). The van der Waals surface area contributed by atoms with Gasteiger partial charge in [-0.1, -0.05) is 102 Å². The van der Waals surface area contributed by atoms with Gasteiger partial charge in [0.25, 0.3) is 11.9 Å². The Morgan fingerprint density at radius 2 is 1.47 bits per heavy atom. The van der Waals surface area contributed by atoms with Crippen LogP contribution in [-0.4, -0.2) is 36.5 Å². The average molecular weight is 498 g/mol. The highest BCUT2D eigenvalue weighted by molar-refractivity contribution is 5.89. The number of benzene rings is 1. The molecule has 0 saturated heterocycles. The summed E-state index contributed by atoms with van der Waals surface area (Å²) < 4.78 is 16.3. The Hall–Kier alpha value is -2.76. The number of fused-ring (bicyclic) bond motifs is 1. The number of hydrogen-bond donors (Lipinski definition) is 0. The molecule has 0 radical (unpaired) electrons. The molecule has 0 N–H and O–H groups in total. The van der Waals surface area contributed by atoms with Crippen molar-refractivity contribution in [3.63, 3.8) is 0 Å². The van der Waals surface area contributed by atoms with E-state index in [9.17, 15) is 9.59 Å². The van der Waals surface area contributed by atoms with Crippen LogP contribution in [0.1, 0.15) is 106 Å². The fourth-order valence-corrected chi connectivity index (χ4v) is 4.62. The summed E-state index contributed by atoms with van der Waals surface area (Å²) in [7, 11) is 0. The summed E-state index contributed by atoms with van der Waals surface area (Å²) in [5.41, 5.74) is 2.41. The van der Waals surface area contributed by atoms with Gasteiger partial charge in [0.15, 0.2) is 6.61 Å². The van der Waals surface area contributed by atoms with Gasteiger partial charge in [-0.15, -0.1) is 0 Å². The first-order valence-corrected chi connectivity index (χ1v) is 13.9. The van der Waals surface area contributed by atoms with Crippen molar-refractivity contribution in [2.75, 3.05) is 19.8 Å². The topological polar surface area (TPSA) is 69.0 Å². The molecule has 1 aromatic carbocycles. The second kappa shape index (κ2) is 16.1. The first-order chi connectivity index (χ1) is 17.7. The quantitative estimate of drug-likeness (QED) is 0.172. The highest BCUT2D eigenvalue weighted by Gasteiger charge is 2.22. The molecule has 0 fully saturated rings. The molecule has 6 heteroatoms. The van der Waals surface area contributed by atoms with Crippen molar-refractivity contribution in [1.29, 1.82) is 0 Å². The lowest BCUT2D eigenvalue weighted by Gasteiger charge is -2.28. The molecule has 1 amide bonds. The Kier molecular flexibility index (Phi) is 12.4. The lowest BCUT2D eigenvalue weighted by Crippen LogP contribution is -2.38. The number of carbonyl (C=O) groups excluding carboxylic acids is 2. The monoisotopic (exact) mass is 497 g/mol. The van der Waals surface area contributed by atoms with E-state index >= 15 is 0 Å². The van der Waals surface area contributed by atoms with Crippen LogP contribution in [0.5, 0.6) is 5.95 Å². The zero-order valence-corrected chi connectivity index (χ0v) is 22.0. The molecule has 0 spiro atoms. The van der Waals surface area contributed by atoms with E-state index in [1.807, 2.05) is 18.2 Å². The molecule has 198 valence electrons. The molecule has 1 aliphatic rings. The maximum atomic E-state index is 12.5. The Bertz CT molecular complexity index is 922. The van der Waals surface area contributed by atoms with Gasteiger partial charge < -0.3 is 18.8 Å². The maximum Gasteiger partial charge on any atom is 0.374 e. The average Bonchev–Trinajstić information content (AvgIpc) is 3.38. The third-order valence-corrected chi connectivity index (χ3v) is 6.83. The zero-order chi connectivity index (χ0) is 25.4. The highest BCUT2D eigenvalue weighted by atomic mass is 16.6. The predicted molar refractivity (Wildman–Crippen MR) is 141 cm³/mol. The maximum absolute atomic E-state index is 12.5. The summed E-state index contributed by atoms with van der Waals surface area (Å²) in [6, 6.07) is 11.3. The molecule has 2 aromatic rings. The molecule has 0 saturated carbocycles. The highest BCUT2D eigenvalue weighted by Crippen LogP contribution is 2.20. The van der Waals surface area contributed by atoms with Crippen LogP contribution in [0, 0.1) is 0 Å². The van der Waals surface area contributed by atoms with Crippen molar-refractivity contribution >= 4 is 11.9 Å². The number of nitrogens with zero attached hydrogens (tertiary/aromatic N) is 1. The number of unbranched alkanes of at least 4 members (excludes halogenated alkanes) is 11. The van der Waals surface area contributed by atoms with Crippen molar-refractivity contribution in [3.05, 3.63) is 53.3 Å². The summed E-state index contributed by atoms with van der Waals surface area (Å²) in [5.74, 6) is -0.491. The van der Waals surface area contributed by atoms with Gasteiger partial charge in [-0.05, 0) is 30.0 Å². The lowest BCUT2D eigenvalue weighted by atomic mass is 10.00. The largest absolute Gasteiger partial charge is 0.465 e. The summed E-state index contributed by atoms with van der Waals surface area (Å²) in [5, 5.41) is 0. The van der Waals surface area contributed by atoms with Crippen LogP contribution in [0.25, 0.3) is 0 Å². The number of esters is 1. The number of hydrogen-bond acceptors (Lipinski definition) is 5. The van der Waals surface area contributed by atoms with Crippen molar-refractivity contribution in [2.45, 2.75) is 96.9 Å². The summed E-state index contributed by atoms with van der Waals surface area (Å²) in [6.45, 7) is 3.70. The van der Waals surface area contributed by atoms with E-state index in [2.05, 4.69) is 13.0 Å². The Morgan fingerprint density at radius 1 is 0.833 bits per heavy atom. The fraction of sp³-hybridized carbons (Fsp3) is 0.600. The van der Waals surface area contributed by atoms with Crippen LogP contribution < -0.4 is 4.74 Å². The van der Waals surface area contributed by atoms with Crippen LogP contribution in [0.2, 0.25) is 0 Å². The minimum atomic E-state index is -0.652. The SMILES string of the molecule is CCCCCCCCCCCCCCOc1ccc(C(=O)OCC(=O)N2CCc3ccccc3C2)o1. The Labute approximate surface area is 216 Å². The molecular weight excluding hydrogens is 454 g/mol. The van der Waals surface area contributed by atoms with E-state index in [4.69, 9.17) is 13.9 Å². The Balaban J connectivity index is 1.22. The van der Waals surface area contributed by atoms with Crippen molar-refractivity contribution in [3.8, 4) is 5.95 Å². The van der Waals surface area contributed by atoms with Gasteiger partial charge >= 0.3 is 5.97 Å². The fourth-order valence-electron chi connectivity index (χ4n) is 4.62. The lowest BCUT2D eigenvalue weighted by molar-refractivity contribution is -0.135. The number of amides is 1. The molecule has 0 aliphatic carbocycles. The van der Waals surface area contributed by atoms with Crippen LogP contribution in [0.4, 0.5) is 0 Å². The van der Waals surface area contributed by atoms with E-state index in [1.54, 1.807) is 11.0 Å². The van der Waals surface area contributed by atoms with Crippen molar-refractivity contribution in [1.82, 2.24) is 4.90 Å². The summed E-state index contributed by atoms with van der Waals surface area (Å²) in [6.07, 6.45) is 16.3. The van der Waals surface area contributed by atoms with Crippen molar-refractivity contribution < 1.29 is 23.5 Å². The second-order valence-corrected chi connectivity index (χ2v) is 9.77. The zero-order valence-electron chi connectivity index (χ0n) is 22.0. The molecule has 6 nitrogen and oxygen atoms in total. The third kappa shape index (κ3) is 9.71. The van der Waals surface area contributed by atoms with Gasteiger partial charge in [-0.25, -0.2) is 4.79 Å². The molecule has 36 heavy (non-hydrogen) atoms. The molecule has 0 bridgehead atoms. The minimum Gasteiger partial charge on any atom is -0.465 e. The van der Waals surface area contributed by atoms with Gasteiger partial charge in [-0.2, -0.15) is 0 Å². The smallest absolute Gasteiger partial charge is 0.374 e. The van der Waals surface area contributed by atoms with Crippen LogP contribution in [0.3, 0.4) is 0 Å². The molecule has 0 atom stereocenters. The van der Waals surface area contributed by atoms with Crippen molar-refractivity contribution in [2.24, 2.45) is 0 Å². The van der Waals surface area contributed by atoms with Gasteiger partial charge in [-0.3, -0.25) is 4.79 Å². The van der Waals surface area contributed by atoms with E-state index in [-0.39, 0.29) is 18.3 Å². The second-order valence-electron chi connectivity index (χ2n) is 9.77. The van der Waals surface area contributed by atoms with Crippen LogP contribution >= 0.6 is 0 Å². The summed E-state index contributed by atoms with van der Waals surface area (Å²) in [4.78, 5) is 26.5. The number of rotatable bonds is 17. The van der Waals surface area contributed by atoms with Gasteiger partial charge in [0.1, 0.15) is 0 Å². The van der Waals surface area contributed by atoms with E-state index < -0.39 is 5.97 Å². The predicted octanol–water partition coefficient (Wildman–Crippen LogP) is 7.10. The number of carbonyl (C=O) groups is 2. The normalized spacial score (nSPS) is 12.9. The van der Waals surface area contributed by atoms with E-state index in [0.29, 0.717) is 25.6 Å². The van der Waals surface area contributed by atoms with E-state index in [0.717, 1.165) is 24.8 Å². The molecule has 1 aromatic heterocycles.